The minimum Gasteiger partial charge on any atom is -0.368 e. The van der Waals surface area contributed by atoms with Crippen LogP contribution in [0.15, 0.2) is 5.03 Å². The summed E-state index contributed by atoms with van der Waals surface area (Å²) in [7, 11) is 2.09. The summed E-state index contributed by atoms with van der Waals surface area (Å²) >= 11 is 1.42. The highest BCUT2D eigenvalue weighted by atomic mass is 32.2. The van der Waals surface area contributed by atoms with Gasteiger partial charge in [0.15, 0.2) is 5.82 Å². The average Bonchev–Trinajstić information content (AvgIpc) is 2.38. The molecule has 0 bridgehead atoms. The SMILES string of the molecule is CSc1nc(N)nc(N2CCN(C)CC2)c1C#N. The van der Waals surface area contributed by atoms with Gasteiger partial charge in [0.05, 0.1) is 0 Å². The molecule has 1 aromatic rings. The summed E-state index contributed by atoms with van der Waals surface area (Å²) in [6, 6.07) is 2.19. The van der Waals surface area contributed by atoms with E-state index in [9.17, 15) is 5.26 Å². The number of nitrogens with two attached hydrogens (primary N) is 1. The molecule has 7 heteroatoms. The van der Waals surface area contributed by atoms with Crippen molar-refractivity contribution < 1.29 is 0 Å². The Kier molecular flexibility index (Phi) is 3.89. The number of piperazine rings is 1. The van der Waals surface area contributed by atoms with Crippen LogP contribution in [0.25, 0.3) is 0 Å². The third kappa shape index (κ3) is 2.49. The van der Waals surface area contributed by atoms with E-state index < -0.39 is 0 Å². The first kappa shape index (κ1) is 12.9. The molecule has 0 amide bonds. The van der Waals surface area contributed by atoms with E-state index in [4.69, 9.17) is 5.73 Å². The Balaban J connectivity index is 2.37. The van der Waals surface area contributed by atoms with Gasteiger partial charge in [-0.15, -0.1) is 11.8 Å². The predicted octanol–water partition coefficient (Wildman–Crippen LogP) is 0.404. The number of nitrogens with zero attached hydrogens (tertiary/aromatic N) is 5. The van der Waals surface area contributed by atoms with Crippen LogP contribution in [0, 0.1) is 11.3 Å². The molecule has 0 spiro atoms. The lowest BCUT2D eigenvalue weighted by Crippen LogP contribution is -2.45. The number of nitrogen functional groups attached to an aromatic ring is 1. The van der Waals surface area contributed by atoms with Crippen LogP contribution in [-0.4, -0.2) is 54.4 Å². The second kappa shape index (κ2) is 5.42. The van der Waals surface area contributed by atoms with E-state index in [2.05, 4.69) is 32.9 Å². The van der Waals surface area contributed by atoms with Crippen molar-refractivity contribution in [2.45, 2.75) is 5.03 Å². The minimum absolute atomic E-state index is 0.229. The van der Waals surface area contributed by atoms with Gasteiger partial charge in [-0.25, -0.2) is 4.98 Å². The van der Waals surface area contributed by atoms with Gasteiger partial charge < -0.3 is 15.5 Å². The van der Waals surface area contributed by atoms with E-state index in [-0.39, 0.29) is 5.95 Å². The molecule has 0 aliphatic carbocycles. The normalized spacial score (nSPS) is 16.6. The maximum Gasteiger partial charge on any atom is 0.223 e. The molecule has 0 aromatic carbocycles. The van der Waals surface area contributed by atoms with Crippen molar-refractivity contribution in [1.29, 1.82) is 5.26 Å². The standard InChI is InChI=1S/C11H16N6S/c1-16-3-5-17(6-4-16)9-8(7-12)10(18-2)15-11(13)14-9/h3-6H2,1-2H3,(H2,13,14,15). The molecule has 1 aliphatic rings. The van der Waals surface area contributed by atoms with Crippen LogP contribution >= 0.6 is 11.8 Å². The van der Waals surface area contributed by atoms with Crippen LogP contribution in [0.5, 0.6) is 0 Å². The lowest BCUT2D eigenvalue weighted by atomic mass is 10.2. The summed E-state index contributed by atoms with van der Waals surface area (Å²) in [5.41, 5.74) is 6.24. The lowest BCUT2D eigenvalue weighted by Gasteiger charge is -2.33. The molecule has 1 saturated heterocycles. The number of anilines is 2. The molecule has 0 radical (unpaired) electrons. The molecule has 0 atom stereocenters. The van der Waals surface area contributed by atoms with Crippen molar-refractivity contribution in [1.82, 2.24) is 14.9 Å². The maximum atomic E-state index is 9.28. The highest BCUT2D eigenvalue weighted by Crippen LogP contribution is 2.27. The van der Waals surface area contributed by atoms with Gasteiger partial charge >= 0.3 is 0 Å². The zero-order valence-corrected chi connectivity index (χ0v) is 11.4. The molecule has 2 rings (SSSR count). The molecule has 2 N–H and O–H groups in total. The Hall–Kier alpha value is -1.52. The largest absolute Gasteiger partial charge is 0.368 e. The molecule has 0 saturated carbocycles. The Morgan fingerprint density at radius 3 is 2.50 bits per heavy atom. The van der Waals surface area contributed by atoms with E-state index in [1.54, 1.807) is 0 Å². The summed E-state index contributed by atoms with van der Waals surface area (Å²) in [6.07, 6.45) is 1.89. The highest BCUT2D eigenvalue weighted by molar-refractivity contribution is 7.98. The molecular weight excluding hydrogens is 248 g/mol. The fourth-order valence-corrected chi connectivity index (χ4v) is 2.46. The van der Waals surface area contributed by atoms with Crippen LogP contribution < -0.4 is 10.6 Å². The van der Waals surface area contributed by atoms with Gasteiger partial charge in [0.2, 0.25) is 5.95 Å². The zero-order valence-electron chi connectivity index (χ0n) is 10.6. The Labute approximate surface area is 111 Å². The fraction of sp³-hybridized carbons (Fsp3) is 0.545. The van der Waals surface area contributed by atoms with Crippen LogP contribution in [0.2, 0.25) is 0 Å². The number of aromatic nitrogens is 2. The molecule has 96 valence electrons. The zero-order chi connectivity index (χ0) is 13.1. The number of rotatable bonds is 2. The maximum absolute atomic E-state index is 9.28. The predicted molar refractivity (Wildman–Crippen MR) is 72.7 cm³/mol. The van der Waals surface area contributed by atoms with Crippen LogP contribution in [0.3, 0.4) is 0 Å². The van der Waals surface area contributed by atoms with Crippen LogP contribution in [-0.2, 0) is 0 Å². The van der Waals surface area contributed by atoms with E-state index in [1.807, 2.05) is 6.26 Å². The van der Waals surface area contributed by atoms with Gasteiger partial charge in [-0.05, 0) is 13.3 Å². The Bertz CT molecular complexity index is 475. The molecule has 1 aliphatic heterocycles. The van der Waals surface area contributed by atoms with Gasteiger partial charge in [-0.2, -0.15) is 10.2 Å². The molecule has 1 aromatic heterocycles. The van der Waals surface area contributed by atoms with Crippen molar-refractivity contribution in [3.63, 3.8) is 0 Å². The summed E-state index contributed by atoms with van der Waals surface area (Å²) in [6.45, 7) is 3.64. The third-order valence-electron chi connectivity index (χ3n) is 2.98. The number of hydrogen-bond acceptors (Lipinski definition) is 7. The minimum atomic E-state index is 0.229. The second-order valence-corrected chi connectivity index (χ2v) is 4.99. The van der Waals surface area contributed by atoms with E-state index >= 15 is 0 Å². The van der Waals surface area contributed by atoms with Crippen LogP contribution in [0.1, 0.15) is 5.56 Å². The quantitative estimate of drug-likeness (QED) is 0.611. The van der Waals surface area contributed by atoms with Crippen molar-refractivity contribution in [2.75, 3.05) is 50.1 Å². The van der Waals surface area contributed by atoms with Crippen molar-refractivity contribution in [2.24, 2.45) is 0 Å². The average molecular weight is 264 g/mol. The van der Waals surface area contributed by atoms with Gasteiger partial charge in [0.25, 0.3) is 0 Å². The van der Waals surface area contributed by atoms with Crippen LogP contribution in [0.4, 0.5) is 11.8 Å². The molecule has 0 unspecified atom stereocenters. The first-order chi connectivity index (χ1) is 8.65. The van der Waals surface area contributed by atoms with E-state index in [1.165, 1.54) is 11.8 Å². The van der Waals surface area contributed by atoms with Gasteiger partial charge in [-0.3, -0.25) is 0 Å². The van der Waals surface area contributed by atoms with E-state index in [0.717, 1.165) is 26.2 Å². The molecule has 2 heterocycles. The van der Waals surface area contributed by atoms with E-state index in [0.29, 0.717) is 16.4 Å². The Morgan fingerprint density at radius 1 is 1.28 bits per heavy atom. The fourth-order valence-electron chi connectivity index (χ4n) is 1.94. The van der Waals surface area contributed by atoms with Gasteiger partial charge in [-0.1, -0.05) is 0 Å². The van der Waals surface area contributed by atoms with Crippen molar-refractivity contribution in [3.05, 3.63) is 5.56 Å². The first-order valence-electron chi connectivity index (χ1n) is 5.70. The molecule has 18 heavy (non-hydrogen) atoms. The monoisotopic (exact) mass is 264 g/mol. The lowest BCUT2D eigenvalue weighted by molar-refractivity contribution is 0.312. The van der Waals surface area contributed by atoms with Gasteiger partial charge in [0.1, 0.15) is 16.7 Å². The summed E-state index contributed by atoms with van der Waals surface area (Å²) < 4.78 is 0. The summed E-state index contributed by atoms with van der Waals surface area (Å²) in [5, 5.41) is 9.93. The third-order valence-corrected chi connectivity index (χ3v) is 3.66. The number of likely N-dealkylation sites (N-methyl/N-ethyl adjacent to an activating group) is 1. The molecule has 6 nitrogen and oxygen atoms in total. The smallest absolute Gasteiger partial charge is 0.223 e. The summed E-state index contributed by atoms with van der Waals surface area (Å²) in [4.78, 5) is 12.7. The molecular formula is C11H16N6S. The number of nitriles is 1. The summed E-state index contributed by atoms with van der Waals surface area (Å²) in [5.74, 6) is 0.898. The Morgan fingerprint density at radius 2 is 1.94 bits per heavy atom. The van der Waals surface area contributed by atoms with Gasteiger partial charge in [0, 0.05) is 26.2 Å². The number of hydrogen-bond donors (Lipinski definition) is 1. The van der Waals surface area contributed by atoms with Crippen molar-refractivity contribution >= 4 is 23.5 Å². The number of thioether (sulfide) groups is 1. The molecule has 1 fully saturated rings. The first-order valence-corrected chi connectivity index (χ1v) is 6.93. The topological polar surface area (TPSA) is 82.1 Å². The second-order valence-electron chi connectivity index (χ2n) is 4.19. The van der Waals surface area contributed by atoms with Crippen molar-refractivity contribution in [3.8, 4) is 6.07 Å². The highest BCUT2D eigenvalue weighted by Gasteiger charge is 2.21.